The van der Waals surface area contributed by atoms with Gasteiger partial charge in [0, 0.05) is 19.3 Å². The Bertz CT molecular complexity index is 438. The van der Waals surface area contributed by atoms with Crippen molar-refractivity contribution in [2.45, 2.75) is 39.4 Å². The predicted molar refractivity (Wildman–Crippen MR) is 80.6 cm³/mol. The quantitative estimate of drug-likeness (QED) is 0.850. The van der Waals surface area contributed by atoms with E-state index in [9.17, 15) is 9.59 Å². The molecule has 2 rings (SSSR count). The summed E-state index contributed by atoms with van der Waals surface area (Å²) in [4.78, 5) is 32.0. The smallest absolute Gasteiger partial charge is 0.325 e. The molecule has 0 aromatic heterocycles. The summed E-state index contributed by atoms with van der Waals surface area (Å²) in [6.45, 7) is 7.17. The molecule has 0 aromatic rings. The van der Waals surface area contributed by atoms with E-state index in [4.69, 9.17) is 0 Å². The fourth-order valence-corrected chi connectivity index (χ4v) is 3.37. The molecule has 2 unspecified atom stereocenters. The van der Waals surface area contributed by atoms with E-state index in [1.807, 2.05) is 4.90 Å². The number of rotatable bonds is 4. The van der Waals surface area contributed by atoms with Crippen molar-refractivity contribution in [2.24, 2.45) is 10.9 Å². The molecule has 2 aliphatic heterocycles. The molecule has 6 nitrogen and oxygen atoms in total. The Morgan fingerprint density at radius 2 is 2.10 bits per heavy atom. The van der Waals surface area contributed by atoms with Crippen molar-refractivity contribution >= 4 is 28.9 Å². The third-order valence-corrected chi connectivity index (χ3v) is 4.76. The second-order valence-electron chi connectivity index (χ2n) is 5.57. The number of carbonyl (C=O) groups excluding carboxylic acids is 2. The van der Waals surface area contributed by atoms with E-state index in [2.05, 4.69) is 31.1 Å². The van der Waals surface area contributed by atoms with Crippen LogP contribution in [0.3, 0.4) is 0 Å². The Morgan fingerprint density at radius 3 is 2.70 bits per heavy atom. The summed E-state index contributed by atoms with van der Waals surface area (Å²) in [5.41, 5.74) is 0. The number of imide groups is 1. The fraction of sp³-hybridized carbons (Fsp3) is 0.769. The summed E-state index contributed by atoms with van der Waals surface area (Å²) in [5.74, 6) is 1.27. The maximum atomic E-state index is 12.1. The molecule has 20 heavy (non-hydrogen) atoms. The molecule has 2 atom stereocenters. The molecular weight excluding hydrogens is 276 g/mol. The minimum Gasteiger partial charge on any atom is -0.336 e. The molecule has 1 fully saturated rings. The Hall–Kier alpha value is -1.24. The molecule has 0 aromatic carbocycles. The number of fused-ring (bicyclic) bond motifs is 1. The molecule has 0 bridgehead atoms. The number of amidine groups is 1. The lowest BCUT2D eigenvalue weighted by Gasteiger charge is -2.36. The summed E-state index contributed by atoms with van der Waals surface area (Å²) in [7, 11) is 1.68. The molecule has 0 aliphatic carbocycles. The van der Waals surface area contributed by atoms with Crippen LogP contribution in [0.25, 0.3) is 0 Å². The lowest BCUT2D eigenvalue weighted by Crippen LogP contribution is -2.63. The molecule has 1 N–H and O–H groups in total. The highest BCUT2D eigenvalue weighted by Crippen LogP contribution is 2.29. The third-order valence-electron chi connectivity index (χ3n) is 3.33. The fourth-order valence-electron chi connectivity index (χ4n) is 2.34. The zero-order valence-electron chi connectivity index (χ0n) is 12.4. The third kappa shape index (κ3) is 2.77. The van der Waals surface area contributed by atoms with Gasteiger partial charge in [0.25, 0.3) is 5.91 Å². The highest BCUT2D eigenvalue weighted by Gasteiger charge is 2.48. The largest absolute Gasteiger partial charge is 0.336 e. The number of aliphatic imine (C=N–C) groups is 1. The van der Waals surface area contributed by atoms with Crippen molar-refractivity contribution in [2.75, 3.05) is 19.3 Å². The van der Waals surface area contributed by atoms with Crippen LogP contribution in [0, 0.1) is 5.92 Å². The first-order valence-electron chi connectivity index (χ1n) is 7.00. The van der Waals surface area contributed by atoms with Crippen LogP contribution < -0.4 is 5.32 Å². The lowest BCUT2D eigenvalue weighted by atomic mass is 10.1. The minimum atomic E-state index is -0.391. The zero-order chi connectivity index (χ0) is 14.9. The van der Waals surface area contributed by atoms with Crippen molar-refractivity contribution in [1.29, 1.82) is 0 Å². The van der Waals surface area contributed by atoms with E-state index < -0.39 is 6.17 Å². The molecular formula is C13H22N4O2S. The van der Waals surface area contributed by atoms with Gasteiger partial charge in [-0.2, -0.15) is 0 Å². The van der Waals surface area contributed by atoms with Crippen molar-refractivity contribution in [3.05, 3.63) is 0 Å². The van der Waals surface area contributed by atoms with Gasteiger partial charge >= 0.3 is 6.03 Å². The number of hydrogen-bond donors (Lipinski definition) is 1. The molecule has 112 valence electrons. The van der Waals surface area contributed by atoms with Gasteiger partial charge in [-0.05, 0) is 12.3 Å². The molecule has 2 heterocycles. The maximum absolute atomic E-state index is 12.1. The first-order chi connectivity index (χ1) is 9.45. The van der Waals surface area contributed by atoms with Crippen LogP contribution in [-0.4, -0.2) is 58.5 Å². The van der Waals surface area contributed by atoms with E-state index in [0.29, 0.717) is 5.92 Å². The molecule has 3 amide bonds. The average Bonchev–Trinajstić information content (AvgIpc) is 2.74. The summed E-state index contributed by atoms with van der Waals surface area (Å²) in [6, 6.07) is -0.751. The van der Waals surface area contributed by atoms with Crippen molar-refractivity contribution in [3.63, 3.8) is 0 Å². The Balaban J connectivity index is 2.21. The lowest BCUT2D eigenvalue weighted by molar-refractivity contribution is -0.127. The van der Waals surface area contributed by atoms with E-state index in [1.54, 1.807) is 18.8 Å². The van der Waals surface area contributed by atoms with Gasteiger partial charge < -0.3 is 9.80 Å². The molecule has 0 saturated carbocycles. The number of carbonyl (C=O) groups is 2. The highest BCUT2D eigenvalue weighted by atomic mass is 32.2. The maximum Gasteiger partial charge on any atom is 0.325 e. The Labute approximate surface area is 124 Å². The van der Waals surface area contributed by atoms with Gasteiger partial charge in [0.15, 0.2) is 17.4 Å². The average molecular weight is 298 g/mol. The van der Waals surface area contributed by atoms with Crippen LogP contribution in [0.5, 0.6) is 0 Å². The van der Waals surface area contributed by atoms with E-state index in [0.717, 1.165) is 23.9 Å². The molecule has 0 spiro atoms. The van der Waals surface area contributed by atoms with Crippen molar-refractivity contribution in [3.8, 4) is 0 Å². The first-order valence-corrected chi connectivity index (χ1v) is 7.99. The van der Waals surface area contributed by atoms with Crippen LogP contribution in [-0.2, 0) is 4.79 Å². The summed E-state index contributed by atoms with van der Waals surface area (Å²) >= 11 is 1.67. The normalized spacial score (nSPS) is 25.9. The van der Waals surface area contributed by atoms with Gasteiger partial charge in [-0.15, -0.1) is 0 Å². The van der Waals surface area contributed by atoms with Gasteiger partial charge in [-0.3, -0.25) is 10.1 Å². The standard InChI is InChI=1S/C13H22N4O2S/c1-5-6-17-9-10(14-13(17)20-7-8(2)3)16(4)12(19)15-11(9)18/h8-10H,5-7H2,1-4H3,(H,15,18,19). The molecule has 7 heteroatoms. The Kier molecular flexibility index (Phi) is 4.57. The van der Waals surface area contributed by atoms with Gasteiger partial charge in [-0.25, -0.2) is 9.79 Å². The van der Waals surface area contributed by atoms with Gasteiger partial charge in [0.05, 0.1) is 0 Å². The summed E-state index contributed by atoms with van der Waals surface area (Å²) in [6.07, 6.45) is 0.549. The number of urea groups is 1. The van der Waals surface area contributed by atoms with E-state index in [1.165, 1.54) is 4.90 Å². The van der Waals surface area contributed by atoms with Gasteiger partial charge in [0.2, 0.25) is 0 Å². The zero-order valence-corrected chi connectivity index (χ0v) is 13.2. The SMILES string of the molecule is CCCN1C(SCC(C)C)=NC2C1C(=O)NC(=O)N2C. The summed E-state index contributed by atoms with van der Waals surface area (Å²) in [5, 5.41) is 3.28. The minimum absolute atomic E-state index is 0.240. The summed E-state index contributed by atoms with van der Waals surface area (Å²) < 4.78 is 0. The second kappa shape index (κ2) is 6.03. The van der Waals surface area contributed by atoms with Gasteiger partial charge in [0.1, 0.15) is 0 Å². The molecule has 1 saturated heterocycles. The van der Waals surface area contributed by atoms with Crippen LogP contribution in [0.15, 0.2) is 4.99 Å². The van der Waals surface area contributed by atoms with E-state index in [-0.39, 0.29) is 18.0 Å². The predicted octanol–water partition coefficient (Wildman–Crippen LogP) is 1.33. The van der Waals surface area contributed by atoms with Crippen LogP contribution in [0.1, 0.15) is 27.2 Å². The highest BCUT2D eigenvalue weighted by molar-refractivity contribution is 8.13. The van der Waals surface area contributed by atoms with Crippen LogP contribution >= 0.6 is 11.8 Å². The molecule has 2 aliphatic rings. The van der Waals surface area contributed by atoms with Crippen molar-refractivity contribution in [1.82, 2.24) is 15.1 Å². The number of amides is 3. The van der Waals surface area contributed by atoms with E-state index >= 15 is 0 Å². The second-order valence-corrected chi connectivity index (χ2v) is 6.56. The molecule has 0 radical (unpaired) electrons. The van der Waals surface area contributed by atoms with Crippen molar-refractivity contribution < 1.29 is 9.59 Å². The van der Waals surface area contributed by atoms with Gasteiger partial charge in [-0.1, -0.05) is 32.5 Å². The number of hydrogen-bond acceptors (Lipinski definition) is 5. The number of nitrogens with zero attached hydrogens (tertiary/aromatic N) is 3. The Morgan fingerprint density at radius 1 is 1.40 bits per heavy atom. The van der Waals surface area contributed by atoms with Crippen LogP contribution in [0.2, 0.25) is 0 Å². The van der Waals surface area contributed by atoms with Crippen LogP contribution in [0.4, 0.5) is 4.79 Å². The monoisotopic (exact) mass is 298 g/mol. The number of thioether (sulfide) groups is 1. The number of nitrogens with one attached hydrogen (secondary N) is 1. The topological polar surface area (TPSA) is 65.0 Å². The number of likely N-dealkylation sites (N-methyl/N-ethyl adjacent to an activating group) is 1. The first kappa shape index (κ1) is 15.2.